The zero-order chi connectivity index (χ0) is 16.0. The maximum atomic E-state index is 10.9. The molecule has 0 saturated heterocycles. The van der Waals surface area contributed by atoms with Gasteiger partial charge in [0.05, 0.1) is 11.0 Å². The van der Waals surface area contributed by atoms with Crippen LogP contribution in [0.2, 0.25) is 0 Å². The summed E-state index contributed by atoms with van der Waals surface area (Å²) in [4.78, 5) is 10.5. The van der Waals surface area contributed by atoms with Crippen LogP contribution in [-0.4, -0.2) is 28.8 Å². The highest BCUT2D eigenvalue weighted by atomic mass is 16.6. The summed E-state index contributed by atoms with van der Waals surface area (Å²) >= 11 is 0. The number of non-ortho nitro benzene ring substituents is 1. The molecule has 0 spiro atoms. The van der Waals surface area contributed by atoms with Crippen LogP contribution in [0.3, 0.4) is 0 Å². The molecule has 2 N–H and O–H groups in total. The number of ether oxygens (including phenoxy) is 1. The van der Waals surface area contributed by atoms with Crippen molar-refractivity contribution in [2.24, 2.45) is 5.92 Å². The molecule has 0 radical (unpaired) electrons. The van der Waals surface area contributed by atoms with E-state index in [-0.39, 0.29) is 11.8 Å². The quantitative estimate of drug-likeness (QED) is 0.568. The summed E-state index contributed by atoms with van der Waals surface area (Å²) in [5.74, 6) is 1.05. The minimum absolute atomic E-state index is 0.0356. The van der Waals surface area contributed by atoms with Gasteiger partial charge in [0.15, 0.2) is 0 Å². The van der Waals surface area contributed by atoms with E-state index in [1.165, 1.54) is 12.1 Å². The first kappa shape index (κ1) is 17.4. The highest BCUT2D eigenvalue weighted by molar-refractivity contribution is 5.44. The number of nitrogens with zero attached hydrogens (tertiary/aromatic N) is 1. The third-order valence-electron chi connectivity index (χ3n) is 3.12. The lowest BCUT2D eigenvalue weighted by Gasteiger charge is -2.20. The summed E-state index contributed by atoms with van der Waals surface area (Å²) in [7, 11) is 0. The summed E-state index contributed by atoms with van der Waals surface area (Å²) in [6.07, 6.45) is -0.994. The predicted molar refractivity (Wildman–Crippen MR) is 81.4 cm³/mol. The van der Waals surface area contributed by atoms with Gasteiger partial charge < -0.3 is 15.2 Å². The maximum absolute atomic E-state index is 10.9. The van der Waals surface area contributed by atoms with Crippen molar-refractivity contribution in [1.82, 2.24) is 5.32 Å². The molecule has 0 aliphatic rings. The zero-order valence-corrected chi connectivity index (χ0v) is 13.0. The van der Waals surface area contributed by atoms with E-state index in [2.05, 4.69) is 19.2 Å². The third-order valence-corrected chi connectivity index (χ3v) is 3.12. The van der Waals surface area contributed by atoms with Crippen LogP contribution in [0.25, 0.3) is 0 Å². The lowest BCUT2D eigenvalue weighted by atomic mass is 10.1. The van der Waals surface area contributed by atoms with Gasteiger partial charge in [-0.25, -0.2) is 0 Å². The van der Waals surface area contributed by atoms with Gasteiger partial charge in [-0.05, 0) is 32.4 Å². The Kier molecular flexibility index (Phi) is 6.58. The van der Waals surface area contributed by atoms with E-state index in [1.807, 2.05) is 0 Å². The topological polar surface area (TPSA) is 84.6 Å². The van der Waals surface area contributed by atoms with E-state index in [1.54, 1.807) is 19.9 Å². The minimum Gasteiger partial charge on any atom is -0.488 e. The molecule has 6 nitrogen and oxygen atoms in total. The van der Waals surface area contributed by atoms with Crippen LogP contribution in [0.4, 0.5) is 5.69 Å². The Morgan fingerprint density at radius 1 is 1.33 bits per heavy atom. The lowest BCUT2D eigenvalue weighted by molar-refractivity contribution is -0.384. The van der Waals surface area contributed by atoms with Gasteiger partial charge in [0, 0.05) is 24.2 Å². The number of rotatable bonds is 8. The fraction of sp³-hybridized carbons (Fsp3) is 0.600. The van der Waals surface area contributed by atoms with Crippen LogP contribution in [0.1, 0.15) is 33.3 Å². The number of aliphatic hydroxyl groups is 1. The molecule has 2 unspecified atom stereocenters. The first-order chi connectivity index (χ1) is 9.81. The van der Waals surface area contributed by atoms with Gasteiger partial charge in [-0.1, -0.05) is 13.8 Å². The van der Waals surface area contributed by atoms with Crippen molar-refractivity contribution in [2.45, 2.75) is 46.4 Å². The van der Waals surface area contributed by atoms with E-state index in [0.717, 1.165) is 12.1 Å². The van der Waals surface area contributed by atoms with Gasteiger partial charge in [0.1, 0.15) is 11.9 Å². The first-order valence-electron chi connectivity index (χ1n) is 7.14. The van der Waals surface area contributed by atoms with E-state index in [4.69, 9.17) is 4.74 Å². The monoisotopic (exact) mass is 296 g/mol. The van der Waals surface area contributed by atoms with Crippen molar-refractivity contribution < 1.29 is 14.8 Å². The smallest absolute Gasteiger partial charge is 0.270 e. The van der Waals surface area contributed by atoms with Crippen molar-refractivity contribution >= 4 is 5.69 Å². The molecule has 0 amide bonds. The van der Waals surface area contributed by atoms with Crippen molar-refractivity contribution in [3.05, 3.63) is 33.9 Å². The fourth-order valence-corrected chi connectivity index (χ4v) is 1.73. The van der Waals surface area contributed by atoms with Crippen LogP contribution in [0.15, 0.2) is 18.2 Å². The Hall–Kier alpha value is -1.66. The van der Waals surface area contributed by atoms with Gasteiger partial charge in [-0.3, -0.25) is 10.1 Å². The number of nitro groups is 1. The molecule has 1 rings (SSSR count). The van der Waals surface area contributed by atoms with Gasteiger partial charge in [-0.2, -0.15) is 0 Å². The molecule has 0 fully saturated rings. The second-order valence-corrected chi connectivity index (χ2v) is 5.64. The highest BCUT2D eigenvalue weighted by Gasteiger charge is 2.16. The molecule has 21 heavy (non-hydrogen) atoms. The van der Waals surface area contributed by atoms with Crippen molar-refractivity contribution in [3.8, 4) is 5.75 Å². The standard InChI is InChI=1S/C15H24N2O4/c1-10(2)8-16-9-13-7-14(17(19)20)5-6-15(13)21-12(4)11(3)18/h5-7,10-12,16,18H,8-9H2,1-4H3. The molecule has 0 aromatic heterocycles. The molecule has 0 saturated carbocycles. The summed E-state index contributed by atoms with van der Waals surface area (Å²) in [6, 6.07) is 4.51. The molecule has 1 aromatic rings. The Bertz CT molecular complexity index is 475. The van der Waals surface area contributed by atoms with E-state index in [9.17, 15) is 15.2 Å². The Balaban J connectivity index is 2.91. The minimum atomic E-state index is -0.614. The number of nitrogens with one attached hydrogen (secondary N) is 1. The number of benzene rings is 1. The third kappa shape index (κ3) is 5.69. The zero-order valence-electron chi connectivity index (χ0n) is 13.0. The lowest BCUT2D eigenvalue weighted by Crippen LogP contribution is -2.26. The van der Waals surface area contributed by atoms with Crippen LogP contribution in [0, 0.1) is 16.0 Å². The Morgan fingerprint density at radius 2 is 2.00 bits per heavy atom. The Labute approximate surface area is 125 Å². The highest BCUT2D eigenvalue weighted by Crippen LogP contribution is 2.25. The van der Waals surface area contributed by atoms with Crippen molar-refractivity contribution in [3.63, 3.8) is 0 Å². The summed E-state index contributed by atoms with van der Waals surface area (Å²) in [5.41, 5.74) is 0.755. The molecular formula is C15H24N2O4. The average Bonchev–Trinajstić information content (AvgIpc) is 2.39. The second kappa shape index (κ2) is 7.95. The molecule has 2 atom stereocenters. The Morgan fingerprint density at radius 3 is 2.52 bits per heavy atom. The van der Waals surface area contributed by atoms with E-state index >= 15 is 0 Å². The van der Waals surface area contributed by atoms with Crippen LogP contribution in [-0.2, 0) is 6.54 Å². The number of aliphatic hydroxyl groups excluding tert-OH is 1. The summed E-state index contributed by atoms with van der Waals surface area (Å²) in [6.45, 7) is 8.89. The molecular weight excluding hydrogens is 272 g/mol. The number of hydrogen-bond acceptors (Lipinski definition) is 5. The molecule has 1 aromatic carbocycles. The average molecular weight is 296 g/mol. The molecule has 118 valence electrons. The largest absolute Gasteiger partial charge is 0.488 e. The van der Waals surface area contributed by atoms with Gasteiger partial charge in [0.2, 0.25) is 0 Å². The SMILES string of the molecule is CC(C)CNCc1cc([N+](=O)[O-])ccc1OC(C)C(C)O. The van der Waals surface area contributed by atoms with Gasteiger partial charge >= 0.3 is 0 Å². The summed E-state index contributed by atoms with van der Waals surface area (Å²) in [5, 5.41) is 23.6. The first-order valence-corrected chi connectivity index (χ1v) is 7.14. The van der Waals surface area contributed by atoms with Crippen LogP contribution in [0.5, 0.6) is 5.75 Å². The number of hydrogen-bond donors (Lipinski definition) is 2. The molecule has 0 aliphatic heterocycles. The van der Waals surface area contributed by atoms with Crippen LogP contribution >= 0.6 is 0 Å². The van der Waals surface area contributed by atoms with Gasteiger partial charge in [-0.15, -0.1) is 0 Å². The van der Waals surface area contributed by atoms with E-state index in [0.29, 0.717) is 18.2 Å². The number of nitro benzene ring substituents is 1. The van der Waals surface area contributed by atoms with Gasteiger partial charge in [0.25, 0.3) is 5.69 Å². The van der Waals surface area contributed by atoms with Crippen molar-refractivity contribution in [2.75, 3.05) is 6.54 Å². The van der Waals surface area contributed by atoms with E-state index < -0.39 is 11.0 Å². The maximum Gasteiger partial charge on any atom is 0.270 e. The molecule has 6 heteroatoms. The molecule has 0 aliphatic carbocycles. The van der Waals surface area contributed by atoms with Crippen LogP contribution < -0.4 is 10.1 Å². The second-order valence-electron chi connectivity index (χ2n) is 5.64. The molecule has 0 bridgehead atoms. The van der Waals surface area contributed by atoms with Crippen molar-refractivity contribution in [1.29, 1.82) is 0 Å². The fourth-order valence-electron chi connectivity index (χ4n) is 1.73. The predicted octanol–water partition coefficient (Wildman–Crippen LogP) is 2.49. The summed E-state index contributed by atoms with van der Waals surface area (Å²) < 4.78 is 5.69. The molecule has 0 heterocycles. The normalized spacial score (nSPS) is 14.0.